The van der Waals surface area contributed by atoms with E-state index in [0.717, 1.165) is 11.1 Å². The third-order valence-electron chi connectivity index (χ3n) is 4.84. The van der Waals surface area contributed by atoms with Gasteiger partial charge in [-0.15, -0.1) is 0 Å². The Morgan fingerprint density at radius 1 is 0.879 bits per heavy atom. The maximum Gasteiger partial charge on any atom is 0.349 e. The van der Waals surface area contributed by atoms with Gasteiger partial charge < -0.3 is 19.2 Å². The first-order valence-corrected chi connectivity index (χ1v) is 10.4. The van der Waals surface area contributed by atoms with Crippen molar-refractivity contribution in [3.8, 4) is 22.6 Å². The minimum absolute atomic E-state index is 0.0826. The average molecular weight is 443 g/mol. The van der Waals surface area contributed by atoms with Gasteiger partial charge in [0.2, 0.25) is 0 Å². The second-order valence-electron chi connectivity index (χ2n) is 7.16. The molecule has 0 radical (unpaired) electrons. The Hall–Kier alpha value is -4.39. The molecule has 1 N–H and O–H groups in total. The van der Waals surface area contributed by atoms with Crippen LogP contribution in [0.25, 0.3) is 22.1 Å². The van der Waals surface area contributed by atoms with E-state index >= 15 is 0 Å². The summed E-state index contributed by atoms with van der Waals surface area (Å²) < 4.78 is 16.0. The van der Waals surface area contributed by atoms with Crippen molar-refractivity contribution in [1.29, 1.82) is 0 Å². The summed E-state index contributed by atoms with van der Waals surface area (Å²) in [6, 6.07) is 23.3. The molecule has 166 valence electrons. The van der Waals surface area contributed by atoms with Crippen LogP contribution in [-0.2, 0) is 4.79 Å². The average Bonchev–Trinajstić information content (AvgIpc) is 2.83. The van der Waals surface area contributed by atoms with Crippen LogP contribution in [0.1, 0.15) is 17.3 Å². The minimum atomic E-state index is -0.765. The fraction of sp³-hybridized carbons (Fsp3) is 0.115. The fourth-order valence-corrected chi connectivity index (χ4v) is 3.25. The maximum absolute atomic E-state index is 12.2. The second kappa shape index (κ2) is 9.82. The zero-order valence-corrected chi connectivity index (χ0v) is 17.9. The highest BCUT2D eigenvalue weighted by molar-refractivity contribution is 5.96. The molecule has 4 rings (SSSR count). The molecular weight excluding hydrogens is 422 g/mol. The van der Waals surface area contributed by atoms with Gasteiger partial charge in [-0.25, -0.2) is 9.59 Å². The zero-order chi connectivity index (χ0) is 23.2. The summed E-state index contributed by atoms with van der Waals surface area (Å²) in [7, 11) is 0. The van der Waals surface area contributed by atoms with Crippen LogP contribution in [0.3, 0.4) is 0 Å². The lowest BCUT2D eigenvalue weighted by molar-refractivity contribution is -0.136. The van der Waals surface area contributed by atoms with Crippen LogP contribution in [0.5, 0.6) is 11.5 Å². The monoisotopic (exact) mass is 443 g/mol. The molecule has 1 aromatic heterocycles. The number of hydrogen-bond acceptors (Lipinski definition) is 6. The Morgan fingerprint density at radius 3 is 2.30 bits per heavy atom. The van der Waals surface area contributed by atoms with Crippen molar-refractivity contribution in [2.75, 3.05) is 13.2 Å². The Morgan fingerprint density at radius 2 is 1.58 bits per heavy atom. The Balaban J connectivity index is 1.39. The van der Waals surface area contributed by atoms with Crippen LogP contribution in [0, 0.1) is 0 Å². The molecule has 0 aliphatic rings. The minimum Gasteiger partial charge on any atom is -0.482 e. The summed E-state index contributed by atoms with van der Waals surface area (Å²) >= 11 is 0. The number of fused-ring (bicyclic) bond motifs is 1. The third kappa shape index (κ3) is 5.27. The number of hydrogen-bond donors (Lipinski definition) is 1. The summed E-state index contributed by atoms with van der Waals surface area (Å²) in [5.41, 5.74) is 1.48. The summed E-state index contributed by atoms with van der Waals surface area (Å²) in [6.07, 6.45) is 0. The van der Waals surface area contributed by atoms with Gasteiger partial charge in [0, 0.05) is 18.0 Å². The highest BCUT2D eigenvalue weighted by Gasteiger charge is 2.14. The molecule has 0 fully saturated rings. The summed E-state index contributed by atoms with van der Waals surface area (Å²) in [4.78, 5) is 36.2. The van der Waals surface area contributed by atoms with E-state index < -0.39 is 17.5 Å². The molecule has 0 bridgehead atoms. The molecule has 0 aliphatic heterocycles. The second-order valence-corrected chi connectivity index (χ2v) is 7.16. The highest BCUT2D eigenvalue weighted by Crippen LogP contribution is 2.23. The molecule has 0 unspecified atom stereocenters. The first kappa shape index (κ1) is 21.8. The SMILES string of the molecule is CCNC(=O)c1cc2ccc(OC(=O)COc3ccc(-c4ccccc4)cc3)cc2oc1=O. The smallest absolute Gasteiger partial charge is 0.349 e. The van der Waals surface area contributed by atoms with Crippen molar-refractivity contribution in [3.05, 3.63) is 94.8 Å². The van der Waals surface area contributed by atoms with Crippen LogP contribution < -0.4 is 20.4 Å². The lowest BCUT2D eigenvalue weighted by Gasteiger charge is -2.08. The van der Waals surface area contributed by atoms with Crippen LogP contribution in [-0.4, -0.2) is 25.0 Å². The number of amides is 1. The summed E-state index contributed by atoms with van der Waals surface area (Å²) in [5.74, 6) is -0.376. The van der Waals surface area contributed by atoms with Crippen molar-refractivity contribution in [1.82, 2.24) is 5.32 Å². The number of carbonyl (C=O) groups is 2. The molecule has 0 spiro atoms. The molecule has 4 aromatic rings. The van der Waals surface area contributed by atoms with Gasteiger partial charge in [0.05, 0.1) is 0 Å². The fourth-order valence-electron chi connectivity index (χ4n) is 3.25. The maximum atomic E-state index is 12.2. The lowest BCUT2D eigenvalue weighted by atomic mass is 10.1. The summed E-state index contributed by atoms with van der Waals surface area (Å²) in [6.45, 7) is 1.86. The van der Waals surface area contributed by atoms with E-state index in [1.807, 2.05) is 42.5 Å². The van der Waals surface area contributed by atoms with Gasteiger partial charge in [0.15, 0.2) is 6.61 Å². The molecule has 7 nitrogen and oxygen atoms in total. The van der Waals surface area contributed by atoms with Crippen molar-refractivity contribution in [2.24, 2.45) is 0 Å². The van der Waals surface area contributed by atoms with Crippen molar-refractivity contribution < 1.29 is 23.5 Å². The molecular formula is C26H21NO6. The van der Waals surface area contributed by atoms with Crippen molar-refractivity contribution >= 4 is 22.8 Å². The lowest BCUT2D eigenvalue weighted by Crippen LogP contribution is -2.27. The van der Waals surface area contributed by atoms with Gasteiger partial charge in [-0.05, 0) is 48.4 Å². The summed E-state index contributed by atoms with van der Waals surface area (Å²) in [5, 5.41) is 3.09. The molecule has 7 heteroatoms. The number of rotatable bonds is 7. The number of esters is 1. The van der Waals surface area contributed by atoms with Crippen LogP contribution >= 0.6 is 0 Å². The Labute approximate surface area is 189 Å². The quantitative estimate of drug-likeness (QED) is 0.261. The molecule has 0 saturated heterocycles. The van der Waals surface area contributed by atoms with Gasteiger partial charge in [0.1, 0.15) is 22.6 Å². The van der Waals surface area contributed by atoms with E-state index in [1.165, 1.54) is 12.1 Å². The number of ether oxygens (including phenoxy) is 2. The molecule has 33 heavy (non-hydrogen) atoms. The van der Waals surface area contributed by atoms with Crippen LogP contribution in [0.15, 0.2) is 88.1 Å². The molecule has 1 heterocycles. The molecule has 0 aliphatic carbocycles. The van der Waals surface area contributed by atoms with Crippen molar-refractivity contribution in [3.63, 3.8) is 0 Å². The van der Waals surface area contributed by atoms with E-state index in [2.05, 4.69) is 5.32 Å². The topological polar surface area (TPSA) is 94.8 Å². The highest BCUT2D eigenvalue weighted by atomic mass is 16.6. The van der Waals surface area contributed by atoms with Crippen LogP contribution in [0.4, 0.5) is 0 Å². The molecule has 0 saturated carbocycles. The first-order valence-electron chi connectivity index (χ1n) is 10.4. The third-order valence-corrected chi connectivity index (χ3v) is 4.84. The van der Waals surface area contributed by atoms with Gasteiger partial charge in [-0.3, -0.25) is 4.79 Å². The van der Waals surface area contributed by atoms with Gasteiger partial charge >= 0.3 is 11.6 Å². The molecule has 3 aromatic carbocycles. The predicted octanol–water partition coefficient (Wildman–Crippen LogP) is 4.19. The molecule has 1 amide bonds. The number of carbonyl (C=O) groups excluding carboxylic acids is 2. The van der Waals surface area contributed by atoms with Gasteiger partial charge in [-0.2, -0.15) is 0 Å². The van der Waals surface area contributed by atoms with E-state index in [4.69, 9.17) is 13.9 Å². The Bertz CT molecular complexity index is 1340. The zero-order valence-electron chi connectivity index (χ0n) is 17.9. The largest absolute Gasteiger partial charge is 0.482 e. The van der Waals surface area contributed by atoms with E-state index in [-0.39, 0.29) is 23.5 Å². The predicted molar refractivity (Wildman–Crippen MR) is 123 cm³/mol. The standard InChI is InChI=1S/C26H21NO6/c1-2-27-25(29)22-14-19-10-13-21(15-23(19)33-26(22)30)32-24(28)16-31-20-11-8-18(9-12-20)17-6-4-3-5-7-17/h3-15H,2,16H2,1H3,(H,27,29). The van der Waals surface area contributed by atoms with E-state index in [0.29, 0.717) is 17.7 Å². The van der Waals surface area contributed by atoms with E-state index in [1.54, 1.807) is 31.2 Å². The van der Waals surface area contributed by atoms with E-state index in [9.17, 15) is 14.4 Å². The van der Waals surface area contributed by atoms with Crippen LogP contribution in [0.2, 0.25) is 0 Å². The Kier molecular flexibility index (Phi) is 6.50. The first-order chi connectivity index (χ1) is 16.0. The number of nitrogens with one attached hydrogen (secondary N) is 1. The normalized spacial score (nSPS) is 10.6. The number of benzene rings is 3. The molecule has 0 atom stereocenters. The van der Waals surface area contributed by atoms with Crippen molar-refractivity contribution in [2.45, 2.75) is 6.92 Å². The van der Waals surface area contributed by atoms with Gasteiger partial charge in [-0.1, -0.05) is 42.5 Å². The van der Waals surface area contributed by atoms with Gasteiger partial charge in [0.25, 0.3) is 5.91 Å².